The molecule has 0 atom stereocenters. The van der Waals surface area contributed by atoms with Crippen molar-refractivity contribution in [3.05, 3.63) is 23.8 Å². The molecule has 27 heavy (non-hydrogen) atoms. The molecule has 1 saturated heterocycles. The van der Waals surface area contributed by atoms with Gasteiger partial charge in [0.05, 0.1) is 11.3 Å². The zero-order chi connectivity index (χ0) is 19.2. The highest BCUT2D eigenvalue weighted by atomic mass is 16.2. The van der Waals surface area contributed by atoms with Crippen molar-refractivity contribution in [3.8, 4) is 0 Å². The van der Waals surface area contributed by atoms with Gasteiger partial charge in [0.1, 0.15) is 0 Å². The number of anilines is 2. The van der Waals surface area contributed by atoms with E-state index in [9.17, 15) is 9.59 Å². The molecule has 2 amide bonds. The van der Waals surface area contributed by atoms with E-state index in [4.69, 9.17) is 0 Å². The first-order chi connectivity index (χ1) is 13.0. The average Bonchev–Trinajstić information content (AvgIpc) is 3.48. The van der Waals surface area contributed by atoms with Crippen LogP contribution in [0.3, 0.4) is 0 Å². The minimum atomic E-state index is -0.0185. The maximum absolute atomic E-state index is 12.8. The smallest absolute Gasteiger partial charge is 0.253 e. The number of carbonyl (C=O) groups excluding carboxylic acids is 2. The number of carbonyl (C=O) groups is 2. The van der Waals surface area contributed by atoms with Gasteiger partial charge in [0.2, 0.25) is 5.91 Å². The summed E-state index contributed by atoms with van der Waals surface area (Å²) in [6, 6.07) is 5.72. The molecule has 0 aromatic heterocycles. The molecule has 1 aromatic rings. The number of nitrogens with zero attached hydrogens (tertiary/aromatic N) is 1. The van der Waals surface area contributed by atoms with Gasteiger partial charge in [-0.1, -0.05) is 26.7 Å². The van der Waals surface area contributed by atoms with E-state index in [0.717, 1.165) is 56.6 Å². The van der Waals surface area contributed by atoms with Crippen molar-refractivity contribution >= 4 is 23.2 Å². The summed E-state index contributed by atoms with van der Waals surface area (Å²) in [7, 11) is 0. The first-order valence-corrected chi connectivity index (χ1v) is 10.5. The van der Waals surface area contributed by atoms with Crippen LogP contribution < -0.4 is 15.5 Å². The fourth-order valence-electron chi connectivity index (χ4n) is 3.53. The van der Waals surface area contributed by atoms with Gasteiger partial charge in [-0.05, 0) is 56.2 Å². The van der Waals surface area contributed by atoms with Gasteiger partial charge in [-0.25, -0.2) is 0 Å². The number of nitrogens with one attached hydrogen (secondary N) is 2. The molecule has 2 N–H and O–H groups in total. The van der Waals surface area contributed by atoms with Gasteiger partial charge in [0.25, 0.3) is 5.91 Å². The van der Waals surface area contributed by atoms with Crippen LogP contribution in [-0.4, -0.2) is 31.4 Å². The Morgan fingerprint density at radius 2 is 1.81 bits per heavy atom. The first kappa shape index (κ1) is 19.7. The van der Waals surface area contributed by atoms with Crippen LogP contribution >= 0.6 is 0 Å². The highest BCUT2D eigenvalue weighted by Crippen LogP contribution is 2.32. The van der Waals surface area contributed by atoms with E-state index in [2.05, 4.69) is 29.4 Å². The minimum Gasteiger partial charge on any atom is -0.371 e. The van der Waals surface area contributed by atoms with E-state index in [1.54, 1.807) is 0 Å². The molecular formula is C22H33N3O2. The normalized spacial score (nSPS) is 17.5. The van der Waals surface area contributed by atoms with Crippen LogP contribution in [0.25, 0.3) is 0 Å². The molecule has 1 heterocycles. The lowest BCUT2D eigenvalue weighted by atomic mass is 10.1. The summed E-state index contributed by atoms with van der Waals surface area (Å²) in [5.41, 5.74) is 2.46. The first-order valence-electron chi connectivity index (χ1n) is 10.5. The van der Waals surface area contributed by atoms with E-state index in [1.165, 1.54) is 12.8 Å². The Hall–Kier alpha value is -2.04. The molecule has 0 bridgehead atoms. The molecule has 2 aliphatic rings. The molecule has 1 saturated carbocycles. The second-order valence-corrected chi connectivity index (χ2v) is 8.34. The predicted molar refractivity (Wildman–Crippen MR) is 110 cm³/mol. The minimum absolute atomic E-state index is 0.0185. The average molecular weight is 372 g/mol. The Labute approximate surface area is 162 Å². The largest absolute Gasteiger partial charge is 0.371 e. The Bertz CT molecular complexity index is 660. The quantitative estimate of drug-likeness (QED) is 0.755. The van der Waals surface area contributed by atoms with Gasteiger partial charge in [0, 0.05) is 31.2 Å². The predicted octanol–water partition coefficient (Wildman–Crippen LogP) is 4.19. The fraction of sp³-hybridized carbons (Fsp3) is 0.636. The Balaban J connectivity index is 1.79. The molecule has 5 nitrogen and oxygen atoms in total. The second kappa shape index (κ2) is 9.25. The molecule has 1 aromatic carbocycles. The van der Waals surface area contributed by atoms with Crippen LogP contribution in [0.2, 0.25) is 0 Å². The highest BCUT2D eigenvalue weighted by molar-refractivity contribution is 6.02. The van der Waals surface area contributed by atoms with Crippen LogP contribution in [0.4, 0.5) is 11.4 Å². The molecule has 0 unspecified atom stereocenters. The topological polar surface area (TPSA) is 61.4 Å². The molecular weight excluding hydrogens is 338 g/mol. The Morgan fingerprint density at radius 1 is 1.11 bits per heavy atom. The Morgan fingerprint density at radius 3 is 2.44 bits per heavy atom. The lowest BCUT2D eigenvalue weighted by molar-refractivity contribution is -0.117. The molecule has 0 spiro atoms. The van der Waals surface area contributed by atoms with Crippen LogP contribution in [0.1, 0.15) is 69.2 Å². The van der Waals surface area contributed by atoms with Crippen LogP contribution in [-0.2, 0) is 4.79 Å². The third-order valence-corrected chi connectivity index (χ3v) is 5.41. The van der Waals surface area contributed by atoms with Gasteiger partial charge in [-0.2, -0.15) is 0 Å². The zero-order valence-corrected chi connectivity index (χ0v) is 16.7. The van der Waals surface area contributed by atoms with Crippen LogP contribution in [0, 0.1) is 11.8 Å². The molecule has 0 radical (unpaired) electrons. The van der Waals surface area contributed by atoms with Gasteiger partial charge in [-0.15, -0.1) is 0 Å². The molecule has 3 rings (SSSR count). The maximum atomic E-state index is 12.8. The van der Waals surface area contributed by atoms with E-state index >= 15 is 0 Å². The lowest BCUT2D eigenvalue weighted by Gasteiger charge is -2.26. The number of amides is 2. The third kappa shape index (κ3) is 5.72. The van der Waals surface area contributed by atoms with Gasteiger partial charge < -0.3 is 15.5 Å². The van der Waals surface area contributed by atoms with Crippen LogP contribution in [0.5, 0.6) is 0 Å². The molecule has 1 aliphatic carbocycles. The Kier molecular flexibility index (Phi) is 6.75. The van der Waals surface area contributed by atoms with Gasteiger partial charge >= 0.3 is 0 Å². The van der Waals surface area contributed by atoms with Gasteiger partial charge in [-0.3, -0.25) is 9.59 Å². The van der Waals surface area contributed by atoms with E-state index in [0.29, 0.717) is 18.0 Å². The van der Waals surface area contributed by atoms with Crippen molar-refractivity contribution in [2.75, 3.05) is 29.9 Å². The number of rotatable bonds is 7. The molecule has 2 fully saturated rings. The van der Waals surface area contributed by atoms with Crippen molar-refractivity contribution in [1.82, 2.24) is 5.32 Å². The highest BCUT2D eigenvalue weighted by Gasteiger charge is 2.30. The molecule has 1 aliphatic heterocycles. The zero-order valence-electron chi connectivity index (χ0n) is 16.7. The summed E-state index contributed by atoms with van der Waals surface area (Å²) in [5.74, 6) is 0.821. The fourth-order valence-corrected chi connectivity index (χ4v) is 3.53. The SMILES string of the molecule is CC(C)CCNC(=O)c1ccc(NC(=O)C2CC2)cc1N1CCCCCC1. The summed E-state index contributed by atoms with van der Waals surface area (Å²) in [4.78, 5) is 27.3. The summed E-state index contributed by atoms with van der Waals surface area (Å²) in [6.07, 6.45) is 7.72. The van der Waals surface area contributed by atoms with Crippen molar-refractivity contribution in [3.63, 3.8) is 0 Å². The van der Waals surface area contributed by atoms with E-state index in [-0.39, 0.29) is 17.7 Å². The van der Waals surface area contributed by atoms with Crippen molar-refractivity contribution in [2.45, 2.75) is 58.8 Å². The number of hydrogen-bond donors (Lipinski definition) is 2. The number of benzene rings is 1. The molecule has 5 heteroatoms. The van der Waals surface area contributed by atoms with E-state index in [1.807, 2.05) is 18.2 Å². The third-order valence-electron chi connectivity index (χ3n) is 5.41. The summed E-state index contributed by atoms with van der Waals surface area (Å²) in [6.45, 7) is 6.94. The summed E-state index contributed by atoms with van der Waals surface area (Å²) in [5, 5.41) is 6.09. The van der Waals surface area contributed by atoms with Gasteiger partial charge in [0.15, 0.2) is 0 Å². The number of hydrogen-bond acceptors (Lipinski definition) is 3. The van der Waals surface area contributed by atoms with Crippen molar-refractivity contribution in [2.24, 2.45) is 11.8 Å². The van der Waals surface area contributed by atoms with E-state index < -0.39 is 0 Å². The van der Waals surface area contributed by atoms with Crippen molar-refractivity contribution in [1.29, 1.82) is 0 Å². The summed E-state index contributed by atoms with van der Waals surface area (Å²) >= 11 is 0. The second-order valence-electron chi connectivity index (χ2n) is 8.34. The summed E-state index contributed by atoms with van der Waals surface area (Å²) < 4.78 is 0. The standard InChI is InChI=1S/C22H33N3O2/c1-16(2)11-12-23-22(27)19-10-9-18(24-21(26)17-7-8-17)15-20(19)25-13-5-3-4-6-14-25/h9-10,15-17H,3-8,11-14H2,1-2H3,(H,23,27)(H,24,26). The maximum Gasteiger partial charge on any atom is 0.253 e. The molecule has 148 valence electrons. The van der Waals surface area contributed by atoms with Crippen molar-refractivity contribution < 1.29 is 9.59 Å². The lowest BCUT2D eigenvalue weighted by Crippen LogP contribution is -2.30. The van der Waals surface area contributed by atoms with Crippen LogP contribution in [0.15, 0.2) is 18.2 Å². The monoisotopic (exact) mass is 371 g/mol.